The van der Waals surface area contributed by atoms with Crippen molar-refractivity contribution in [2.75, 3.05) is 12.0 Å². The van der Waals surface area contributed by atoms with Crippen LogP contribution < -0.4 is 11.1 Å². The Morgan fingerprint density at radius 2 is 2.06 bits per heavy atom. The number of nitrogens with one attached hydrogen (secondary N) is 1. The van der Waals surface area contributed by atoms with Crippen molar-refractivity contribution in [1.29, 1.82) is 0 Å². The molecule has 0 saturated heterocycles. The third-order valence-corrected chi connectivity index (χ3v) is 3.37. The Morgan fingerprint density at radius 1 is 1.44 bits per heavy atom. The van der Waals surface area contributed by atoms with E-state index >= 15 is 0 Å². The molecule has 4 N–H and O–H groups in total. The smallest absolute Gasteiger partial charge is 0.237 e. The first-order valence-electron chi connectivity index (χ1n) is 5.85. The normalized spacial score (nSPS) is 13.9. The van der Waals surface area contributed by atoms with Crippen molar-refractivity contribution in [2.24, 2.45) is 5.73 Å². The van der Waals surface area contributed by atoms with Crippen LogP contribution in [0.1, 0.15) is 12.5 Å². The van der Waals surface area contributed by atoms with Crippen molar-refractivity contribution in [2.45, 2.75) is 25.4 Å². The molecule has 18 heavy (non-hydrogen) atoms. The lowest BCUT2D eigenvalue weighted by Crippen LogP contribution is -2.46. The molecule has 1 aromatic rings. The molecule has 0 spiro atoms. The predicted molar refractivity (Wildman–Crippen MR) is 75.8 cm³/mol. The van der Waals surface area contributed by atoms with E-state index in [1.54, 1.807) is 36.0 Å². The Kier molecular flexibility index (Phi) is 6.01. The molecule has 0 aliphatic heterocycles. The molecule has 0 aliphatic rings. The van der Waals surface area contributed by atoms with Gasteiger partial charge in [-0.25, -0.2) is 0 Å². The molecule has 0 saturated carbocycles. The maximum absolute atomic E-state index is 11.8. The molecule has 2 atom stereocenters. The number of thioether (sulfide) groups is 1. The molecule has 0 radical (unpaired) electrons. The SMILES string of the molecule is CSCC(C)NC(=O)[C@H](N)Cc1ccc(O)cc1. The summed E-state index contributed by atoms with van der Waals surface area (Å²) in [5, 5.41) is 12.0. The Hall–Kier alpha value is -1.20. The highest BCUT2D eigenvalue weighted by Gasteiger charge is 2.15. The van der Waals surface area contributed by atoms with E-state index in [1.807, 2.05) is 13.2 Å². The third kappa shape index (κ3) is 4.98. The van der Waals surface area contributed by atoms with Gasteiger partial charge in [0, 0.05) is 11.8 Å². The van der Waals surface area contributed by atoms with Crippen LogP contribution in [0.15, 0.2) is 24.3 Å². The topological polar surface area (TPSA) is 75.4 Å². The van der Waals surface area contributed by atoms with Gasteiger partial charge in [-0.1, -0.05) is 12.1 Å². The van der Waals surface area contributed by atoms with Crippen LogP contribution in [0.25, 0.3) is 0 Å². The first-order valence-corrected chi connectivity index (χ1v) is 7.25. The average molecular weight is 268 g/mol. The fourth-order valence-corrected chi connectivity index (χ4v) is 2.20. The number of benzene rings is 1. The van der Waals surface area contributed by atoms with E-state index in [4.69, 9.17) is 10.8 Å². The summed E-state index contributed by atoms with van der Waals surface area (Å²) >= 11 is 1.69. The van der Waals surface area contributed by atoms with Crippen molar-refractivity contribution < 1.29 is 9.90 Å². The predicted octanol–water partition coefficient (Wildman–Crippen LogP) is 1.13. The van der Waals surface area contributed by atoms with Crippen molar-refractivity contribution in [3.05, 3.63) is 29.8 Å². The lowest BCUT2D eigenvalue weighted by Gasteiger charge is -2.16. The van der Waals surface area contributed by atoms with E-state index in [2.05, 4.69) is 5.32 Å². The number of aromatic hydroxyl groups is 1. The molecule has 0 bridgehead atoms. The summed E-state index contributed by atoms with van der Waals surface area (Å²) in [5.74, 6) is 0.951. The number of carbonyl (C=O) groups is 1. The van der Waals surface area contributed by atoms with E-state index in [9.17, 15) is 4.79 Å². The van der Waals surface area contributed by atoms with Crippen LogP contribution in [0.2, 0.25) is 0 Å². The molecule has 5 heteroatoms. The Morgan fingerprint density at radius 3 is 2.61 bits per heavy atom. The first-order chi connectivity index (χ1) is 8.52. The molecule has 1 aromatic carbocycles. The lowest BCUT2D eigenvalue weighted by atomic mass is 10.1. The number of hydrogen-bond acceptors (Lipinski definition) is 4. The van der Waals surface area contributed by atoms with E-state index in [-0.39, 0.29) is 17.7 Å². The molecular weight excluding hydrogens is 248 g/mol. The zero-order valence-corrected chi connectivity index (χ0v) is 11.5. The summed E-state index contributed by atoms with van der Waals surface area (Å²) in [7, 11) is 0. The van der Waals surface area contributed by atoms with Crippen LogP contribution in [-0.4, -0.2) is 35.1 Å². The summed E-state index contributed by atoms with van der Waals surface area (Å²) < 4.78 is 0. The zero-order chi connectivity index (χ0) is 13.5. The van der Waals surface area contributed by atoms with Gasteiger partial charge in [0.05, 0.1) is 6.04 Å². The molecule has 1 amide bonds. The fourth-order valence-electron chi connectivity index (χ4n) is 1.62. The summed E-state index contributed by atoms with van der Waals surface area (Å²) in [4.78, 5) is 11.8. The number of phenolic OH excluding ortho intramolecular Hbond substituents is 1. The number of phenols is 1. The van der Waals surface area contributed by atoms with E-state index < -0.39 is 6.04 Å². The molecular formula is C13H20N2O2S. The summed E-state index contributed by atoms with van der Waals surface area (Å²) in [5.41, 5.74) is 6.79. The highest BCUT2D eigenvalue weighted by Crippen LogP contribution is 2.11. The van der Waals surface area contributed by atoms with Crippen LogP contribution in [0.4, 0.5) is 0 Å². The third-order valence-electron chi connectivity index (χ3n) is 2.53. The summed E-state index contributed by atoms with van der Waals surface area (Å²) in [6.45, 7) is 1.96. The van der Waals surface area contributed by atoms with E-state index in [0.29, 0.717) is 6.42 Å². The van der Waals surface area contributed by atoms with Gasteiger partial charge in [0.15, 0.2) is 0 Å². The second-order valence-electron chi connectivity index (χ2n) is 4.34. The van der Waals surface area contributed by atoms with Gasteiger partial charge in [0.2, 0.25) is 5.91 Å². The molecule has 1 unspecified atom stereocenters. The van der Waals surface area contributed by atoms with Crippen molar-refractivity contribution in [3.63, 3.8) is 0 Å². The molecule has 0 aliphatic carbocycles. The monoisotopic (exact) mass is 268 g/mol. The van der Waals surface area contributed by atoms with Crippen molar-refractivity contribution >= 4 is 17.7 Å². The maximum atomic E-state index is 11.8. The minimum atomic E-state index is -0.557. The van der Waals surface area contributed by atoms with Crippen LogP contribution in [-0.2, 0) is 11.2 Å². The van der Waals surface area contributed by atoms with Gasteiger partial charge in [-0.3, -0.25) is 4.79 Å². The van der Waals surface area contributed by atoms with Gasteiger partial charge in [0.1, 0.15) is 5.75 Å². The van der Waals surface area contributed by atoms with Gasteiger partial charge >= 0.3 is 0 Å². The zero-order valence-electron chi connectivity index (χ0n) is 10.7. The highest BCUT2D eigenvalue weighted by atomic mass is 32.2. The second-order valence-corrected chi connectivity index (χ2v) is 5.25. The second kappa shape index (κ2) is 7.28. The molecule has 4 nitrogen and oxygen atoms in total. The van der Waals surface area contributed by atoms with Gasteiger partial charge in [-0.05, 0) is 37.3 Å². The molecule has 1 rings (SSSR count). The van der Waals surface area contributed by atoms with Gasteiger partial charge < -0.3 is 16.2 Å². The van der Waals surface area contributed by atoms with Crippen molar-refractivity contribution in [1.82, 2.24) is 5.32 Å². The summed E-state index contributed by atoms with van der Waals surface area (Å²) in [6.07, 6.45) is 2.47. The van der Waals surface area contributed by atoms with Crippen LogP contribution in [0, 0.1) is 0 Å². The van der Waals surface area contributed by atoms with Crippen LogP contribution in [0.3, 0.4) is 0 Å². The first kappa shape index (κ1) is 14.9. The lowest BCUT2D eigenvalue weighted by molar-refractivity contribution is -0.122. The average Bonchev–Trinajstić information content (AvgIpc) is 2.32. The Labute approximate surface area is 112 Å². The van der Waals surface area contributed by atoms with Crippen LogP contribution >= 0.6 is 11.8 Å². The minimum absolute atomic E-state index is 0.123. The fraction of sp³-hybridized carbons (Fsp3) is 0.462. The van der Waals surface area contributed by atoms with Gasteiger partial charge in [-0.2, -0.15) is 11.8 Å². The molecule has 100 valence electrons. The quantitative estimate of drug-likeness (QED) is 0.723. The standard InChI is InChI=1S/C13H20N2O2S/c1-9(8-18-2)15-13(17)12(14)7-10-3-5-11(16)6-4-10/h3-6,9,12,16H,7-8,14H2,1-2H3,(H,15,17)/t9?,12-/m1/s1. The number of rotatable bonds is 6. The van der Waals surface area contributed by atoms with Crippen molar-refractivity contribution in [3.8, 4) is 5.75 Å². The summed E-state index contributed by atoms with van der Waals surface area (Å²) in [6, 6.07) is 6.30. The largest absolute Gasteiger partial charge is 0.508 e. The number of hydrogen-bond donors (Lipinski definition) is 3. The Bertz CT molecular complexity index is 381. The van der Waals surface area contributed by atoms with E-state index in [0.717, 1.165) is 11.3 Å². The molecule has 0 heterocycles. The van der Waals surface area contributed by atoms with Gasteiger partial charge in [0.25, 0.3) is 0 Å². The number of amides is 1. The minimum Gasteiger partial charge on any atom is -0.508 e. The van der Waals surface area contributed by atoms with Crippen LogP contribution in [0.5, 0.6) is 5.75 Å². The van der Waals surface area contributed by atoms with E-state index in [1.165, 1.54) is 0 Å². The number of carbonyl (C=O) groups excluding carboxylic acids is 1. The number of nitrogens with two attached hydrogens (primary N) is 1. The highest BCUT2D eigenvalue weighted by molar-refractivity contribution is 7.98. The molecule has 0 fully saturated rings. The molecule has 0 aromatic heterocycles. The van der Waals surface area contributed by atoms with Gasteiger partial charge in [-0.15, -0.1) is 0 Å². The Balaban J connectivity index is 2.46. The maximum Gasteiger partial charge on any atom is 0.237 e.